The topological polar surface area (TPSA) is 41.1 Å². The number of rotatable bonds is 5. The zero-order chi connectivity index (χ0) is 17.0. The van der Waals surface area contributed by atoms with E-state index in [-0.39, 0.29) is 18.5 Å². The summed E-state index contributed by atoms with van der Waals surface area (Å²) in [6, 6.07) is 8.69. The smallest absolute Gasteiger partial charge is 0.238 e. The van der Waals surface area contributed by atoms with Gasteiger partial charge in [0.15, 0.2) is 11.6 Å². The van der Waals surface area contributed by atoms with Gasteiger partial charge in [0.05, 0.1) is 17.3 Å². The van der Waals surface area contributed by atoms with Crippen molar-refractivity contribution in [3.8, 4) is 0 Å². The first-order valence-electron chi connectivity index (χ1n) is 7.11. The molecule has 2 N–H and O–H groups in total. The fraction of sp³-hybridized carbons (Fsp3) is 0.235. The first kappa shape index (κ1) is 17.4. The van der Waals surface area contributed by atoms with Gasteiger partial charge in [-0.2, -0.15) is 0 Å². The van der Waals surface area contributed by atoms with E-state index in [4.69, 9.17) is 11.6 Å². The molecule has 23 heavy (non-hydrogen) atoms. The molecule has 2 aromatic carbocycles. The molecule has 2 aromatic rings. The van der Waals surface area contributed by atoms with E-state index in [2.05, 4.69) is 10.6 Å². The van der Waals surface area contributed by atoms with Crippen molar-refractivity contribution >= 4 is 23.2 Å². The molecule has 0 aromatic heterocycles. The van der Waals surface area contributed by atoms with Crippen LogP contribution in [-0.4, -0.2) is 12.5 Å². The molecule has 122 valence electrons. The molecule has 1 amide bonds. The van der Waals surface area contributed by atoms with Gasteiger partial charge < -0.3 is 10.6 Å². The predicted molar refractivity (Wildman–Crippen MR) is 87.6 cm³/mol. The number of hydrogen-bond acceptors (Lipinski definition) is 2. The molecular formula is C17H17ClF2N2O. The zero-order valence-corrected chi connectivity index (χ0v) is 13.5. The second-order valence-electron chi connectivity index (χ2n) is 5.31. The third-order valence-electron chi connectivity index (χ3n) is 3.41. The standard InChI is InChI=1S/C17H17ClF2N2O/c1-10-3-6-16(13(18)7-10)22-17(23)9-21-11(2)12-4-5-14(19)15(20)8-12/h3-8,11,21H,9H2,1-2H3,(H,22,23)/t11-/m0/s1. The molecule has 0 fully saturated rings. The minimum absolute atomic E-state index is 0.0182. The number of amides is 1. The van der Waals surface area contributed by atoms with Crippen LogP contribution in [0.25, 0.3) is 0 Å². The molecule has 0 radical (unpaired) electrons. The first-order valence-corrected chi connectivity index (χ1v) is 7.49. The normalized spacial score (nSPS) is 12.0. The molecule has 0 spiro atoms. The maximum Gasteiger partial charge on any atom is 0.238 e. The molecule has 0 aliphatic rings. The third-order valence-corrected chi connectivity index (χ3v) is 3.72. The summed E-state index contributed by atoms with van der Waals surface area (Å²) in [7, 11) is 0. The first-order chi connectivity index (χ1) is 10.9. The van der Waals surface area contributed by atoms with Crippen LogP contribution in [0, 0.1) is 18.6 Å². The maximum absolute atomic E-state index is 13.2. The summed E-state index contributed by atoms with van der Waals surface area (Å²) in [4.78, 5) is 11.9. The van der Waals surface area contributed by atoms with Gasteiger partial charge >= 0.3 is 0 Å². The fourth-order valence-electron chi connectivity index (χ4n) is 2.06. The summed E-state index contributed by atoms with van der Waals surface area (Å²) < 4.78 is 26.1. The highest BCUT2D eigenvalue weighted by Crippen LogP contribution is 2.22. The fourth-order valence-corrected chi connectivity index (χ4v) is 2.34. The van der Waals surface area contributed by atoms with Crippen LogP contribution < -0.4 is 10.6 Å². The van der Waals surface area contributed by atoms with E-state index in [9.17, 15) is 13.6 Å². The number of nitrogens with one attached hydrogen (secondary N) is 2. The van der Waals surface area contributed by atoms with Crippen LogP contribution in [0.2, 0.25) is 5.02 Å². The number of aryl methyl sites for hydroxylation is 1. The van der Waals surface area contributed by atoms with Crippen LogP contribution in [0.1, 0.15) is 24.1 Å². The number of carbonyl (C=O) groups excluding carboxylic acids is 1. The van der Waals surface area contributed by atoms with Crippen molar-refractivity contribution < 1.29 is 13.6 Å². The van der Waals surface area contributed by atoms with E-state index in [0.717, 1.165) is 17.7 Å². The summed E-state index contributed by atoms with van der Waals surface area (Å²) in [5.74, 6) is -2.08. The van der Waals surface area contributed by atoms with E-state index in [1.807, 2.05) is 13.0 Å². The lowest BCUT2D eigenvalue weighted by molar-refractivity contribution is -0.115. The van der Waals surface area contributed by atoms with Crippen LogP contribution in [0.3, 0.4) is 0 Å². The second kappa shape index (κ2) is 7.53. The molecule has 0 aliphatic heterocycles. The Balaban J connectivity index is 1.91. The molecule has 0 bridgehead atoms. The average Bonchev–Trinajstić information content (AvgIpc) is 2.50. The van der Waals surface area contributed by atoms with Crippen molar-refractivity contribution in [1.29, 1.82) is 0 Å². The molecule has 0 aliphatic carbocycles. The van der Waals surface area contributed by atoms with Crippen molar-refractivity contribution in [2.75, 3.05) is 11.9 Å². The Hall–Kier alpha value is -1.98. The molecule has 3 nitrogen and oxygen atoms in total. The molecule has 1 atom stereocenters. The number of benzene rings is 2. The predicted octanol–water partition coefficient (Wildman–Crippen LogP) is 4.22. The van der Waals surface area contributed by atoms with Gasteiger partial charge in [-0.05, 0) is 49.2 Å². The Bertz CT molecular complexity index is 722. The molecule has 2 rings (SSSR count). The average molecular weight is 339 g/mol. The zero-order valence-electron chi connectivity index (χ0n) is 12.8. The Morgan fingerprint density at radius 2 is 1.91 bits per heavy atom. The van der Waals surface area contributed by atoms with E-state index in [1.165, 1.54) is 6.07 Å². The second-order valence-corrected chi connectivity index (χ2v) is 5.71. The minimum atomic E-state index is -0.910. The van der Waals surface area contributed by atoms with Crippen molar-refractivity contribution in [1.82, 2.24) is 5.32 Å². The van der Waals surface area contributed by atoms with Gasteiger partial charge in [0.2, 0.25) is 5.91 Å². The molecule has 0 unspecified atom stereocenters. The summed E-state index contributed by atoms with van der Waals surface area (Å²) in [6.45, 7) is 3.69. The largest absolute Gasteiger partial charge is 0.324 e. The van der Waals surface area contributed by atoms with Gasteiger partial charge in [0, 0.05) is 6.04 Å². The Labute approximate surface area is 138 Å². The quantitative estimate of drug-likeness (QED) is 0.857. The molecule has 6 heteroatoms. The van der Waals surface area contributed by atoms with Crippen molar-refractivity contribution in [2.45, 2.75) is 19.9 Å². The van der Waals surface area contributed by atoms with Gasteiger partial charge in [-0.15, -0.1) is 0 Å². The third kappa shape index (κ3) is 4.74. The minimum Gasteiger partial charge on any atom is -0.324 e. The lowest BCUT2D eigenvalue weighted by atomic mass is 10.1. The Morgan fingerprint density at radius 3 is 2.57 bits per heavy atom. The van der Waals surface area contributed by atoms with Gasteiger partial charge in [-0.25, -0.2) is 8.78 Å². The number of anilines is 1. The Morgan fingerprint density at radius 1 is 1.17 bits per heavy atom. The highest BCUT2D eigenvalue weighted by Gasteiger charge is 2.11. The maximum atomic E-state index is 13.2. The van der Waals surface area contributed by atoms with Gasteiger partial charge in [-0.1, -0.05) is 23.7 Å². The number of halogens is 3. The van der Waals surface area contributed by atoms with Crippen molar-refractivity contribution in [3.05, 3.63) is 64.2 Å². The number of carbonyl (C=O) groups is 1. The highest BCUT2D eigenvalue weighted by atomic mass is 35.5. The van der Waals surface area contributed by atoms with Crippen LogP contribution >= 0.6 is 11.6 Å². The highest BCUT2D eigenvalue weighted by molar-refractivity contribution is 6.33. The van der Waals surface area contributed by atoms with E-state index in [1.54, 1.807) is 19.1 Å². The summed E-state index contributed by atoms with van der Waals surface area (Å²) in [5.41, 5.74) is 2.09. The summed E-state index contributed by atoms with van der Waals surface area (Å²) >= 11 is 6.05. The summed E-state index contributed by atoms with van der Waals surface area (Å²) in [6.07, 6.45) is 0. The van der Waals surface area contributed by atoms with Crippen LogP contribution in [0.4, 0.5) is 14.5 Å². The van der Waals surface area contributed by atoms with E-state index in [0.29, 0.717) is 16.3 Å². The van der Waals surface area contributed by atoms with E-state index >= 15 is 0 Å². The lowest BCUT2D eigenvalue weighted by Gasteiger charge is -2.15. The van der Waals surface area contributed by atoms with Crippen molar-refractivity contribution in [3.63, 3.8) is 0 Å². The van der Waals surface area contributed by atoms with Crippen LogP contribution in [0.5, 0.6) is 0 Å². The van der Waals surface area contributed by atoms with Crippen molar-refractivity contribution in [2.24, 2.45) is 0 Å². The molecule has 0 saturated heterocycles. The SMILES string of the molecule is Cc1ccc(NC(=O)CN[C@@H](C)c2ccc(F)c(F)c2)c(Cl)c1. The van der Waals surface area contributed by atoms with Gasteiger partial charge in [-0.3, -0.25) is 4.79 Å². The number of hydrogen-bond donors (Lipinski definition) is 2. The van der Waals surface area contributed by atoms with Gasteiger partial charge in [0.1, 0.15) is 0 Å². The van der Waals surface area contributed by atoms with Crippen LogP contribution in [-0.2, 0) is 4.79 Å². The monoisotopic (exact) mass is 338 g/mol. The Kier molecular flexibility index (Phi) is 5.69. The van der Waals surface area contributed by atoms with E-state index < -0.39 is 11.6 Å². The van der Waals surface area contributed by atoms with Crippen LogP contribution in [0.15, 0.2) is 36.4 Å². The van der Waals surface area contributed by atoms with Gasteiger partial charge in [0.25, 0.3) is 0 Å². The molecule has 0 heterocycles. The lowest BCUT2D eigenvalue weighted by Crippen LogP contribution is -2.30. The molecular weight excluding hydrogens is 322 g/mol. The molecule has 0 saturated carbocycles. The summed E-state index contributed by atoms with van der Waals surface area (Å²) in [5, 5.41) is 6.11.